The van der Waals surface area contributed by atoms with Gasteiger partial charge in [-0.25, -0.2) is 4.68 Å². The second kappa shape index (κ2) is 7.54. The number of hydrogen-bond acceptors (Lipinski definition) is 5. The Morgan fingerprint density at radius 1 is 1.43 bits per heavy atom. The molecule has 2 heterocycles. The third-order valence-electron chi connectivity index (χ3n) is 3.88. The Bertz CT molecular complexity index is 551. The van der Waals surface area contributed by atoms with Gasteiger partial charge >= 0.3 is 0 Å². The topological polar surface area (TPSA) is 80.6 Å². The molecule has 0 N–H and O–H groups in total. The molecule has 1 aliphatic heterocycles. The third-order valence-corrected chi connectivity index (χ3v) is 3.88. The summed E-state index contributed by atoms with van der Waals surface area (Å²) in [4.78, 5) is 27.5. The first kappa shape index (κ1) is 17.4. The third kappa shape index (κ3) is 4.28. The van der Waals surface area contributed by atoms with Crippen LogP contribution < -0.4 is 0 Å². The number of aromatic nitrogens is 3. The van der Waals surface area contributed by atoms with Gasteiger partial charge in [0, 0.05) is 40.2 Å². The molecule has 0 bridgehead atoms. The monoisotopic (exact) mass is 323 g/mol. The van der Waals surface area contributed by atoms with Crippen LogP contribution in [-0.4, -0.2) is 77.0 Å². The van der Waals surface area contributed by atoms with E-state index < -0.39 is 0 Å². The van der Waals surface area contributed by atoms with E-state index in [9.17, 15) is 9.59 Å². The molecule has 0 aliphatic carbocycles. The van der Waals surface area contributed by atoms with Gasteiger partial charge < -0.3 is 14.5 Å². The summed E-state index contributed by atoms with van der Waals surface area (Å²) in [7, 11) is 3.30. The van der Waals surface area contributed by atoms with Gasteiger partial charge in [0.15, 0.2) is 5.69 Å². The van der Waals surface area contributed by atoms with Gasteiger partial charge in [-0.05, 0) is 5.92 Å². The Morgan fingerprint density at radius 3 is 2.74 bits per heavy atom. The van der Waals surface area contributed by atoms with Crippen molar-refractivity contribution in [3.05, 3.63) is 11.9 Å². The van der Waals surface area contributed by atoms with Crippen LogP contribution in [0.5, 0.6) is 0 Å². The van der Waals surface area contributed by atoms with Crippen LogP contribution in [0.15, 0.2) is 6.20 Å². The van der Waals surface area contributed by atoms with E-state index in [1.165, 1.54) is 0 Å². The molecule has 23 heavy (non-hydrogen) atoms. The zero-order valence-electron chi connectivity index (χ0n) is 14.2. The molecule has 0 atom stereocenters. The Kier molecular flexibility index (Phi) is 5.70. The lowest BCUT2D eigenvalue weighted by atomic mass is 10.1. The van der Waals surface area contributed by atoms with Crippen molar-refractivity contribution in [1.82, 2.24) is 24.8 Å². The van der Waals surface area contributed by atoms with Crippen LogP contribution in [0.1, 0.15) is 36.8 Å². The van der Waals surface area contributed by atoms with E-state index in [4.69, 9.17) is 4.74 Å². The molecule has 1 aromatic rings. The summed E-state index contributed by atoms with van der Waals surface area (Å²) in [6.45, 7) is 6.30. The number of carbonyl (C=O) groups is 2. The smallest absolute Gasteiger partial charge is 0.275 e. The van der Waals surface area contributed by atoms with Crippen molar-refractivity contribution < 1.29 is 14.3 Å². The lowest BCUT2D eigenvalue weighted by molar-refractivity contribution is -0.138. The van der Waals surface area contributed by atoms with Crippen LogP contribution in [0.3, 0.4) is 0 Å². The van der Waals surface area contributed by atoms with Crippen LogP contribution in [0.4, 0.5) is 0 Å². The normalized spacial score (nSPS) is 14.9. The van der Waals surface area contributed by atoms with Gasteiger partial charge in [-0.3, -0.25) is 9.59 Å². The highest BCUT2D eigenvalue weighted by Gasteiger charge is 2.33. The molecule has 2 amide bonds. The second-order valence-corrected chi connectivity index (χ2v) is 6.35. The summed E-state index contributed by atoms with van der Waals surface area (Å²) in [6.07, 6.45) is 2.22. The van der Waals surface area contributed by atoms with E-state index in [2.05, 4.69) is 10.3 Å². The minimum atomic E-state index is -0.180. The summed E-state index contributed by atoms with van der Waals surface area (Å²) >= 11 is 0. The van der Waals surface area contributed by atoms with Crippen molar-refractivity contribution in [2.75, 3.05) is 40.4 Å². The van der Waals surface area contributed by atoms with Gasteiger partial charge in [0.05, 0.1) is 18.8 Å². The van der Waals surface area contributed by atoms with Gasteiger partial charge in [-0.15, -0.1) is 5.10 Å². The maximum absolute atomic E-state index is 12.2. The fourth-order valence-corrected chi connectivity index (χ4v) is 2.38. The Balaban J connectivity index is 1.87. The highest BCUT2D eigenvalue weighted by Crippen LogP contribution is 2.22. The van der Waals surface area contributed by atoms with Crippen molar-refractivity contribution in [1.29, 1.82) is 0 Å². The maximum atomic E-state index is 12.2. The van der Waals surface area contributed by atoms with E-state index in [0.717, 1.165) is 0 Å². The minimum absolute atomic E-state index is 0.101. The first-order valence-electron chi connectivity index (χ1n) is 7.86. The van der Waals surface area contributed by atoms with Crippen molar-refractivity contribution >= 4 is 11.8 Å². The molecule has 8 heteroatoms. The van der Waals surface area contributed by atoms with Crippen LogP contribution in [0.25, 0.3) is 0 Å². The van der Waals surface area contributed by atoms with E-state index in [0.29, 0.717) is 44.3 Å². The number of hydrogen-bond donors (Lipinski definition) is 0. The quantitative estimate of drug-likeness (QED) is 0.727. The number of amides is 2. The molecule has 0 spiro atoms. The number of ether oxygens (including phenoxy) is 1. The predicted octanol–water partition coefficient (Wildman–Crippen LogP) is 0.426. The highest BCUT2D eigenvalue weighted by molar-refractivity contribution is 5.91. The summed E-state index contributed by atoms with van der Waals surface area (Å²) < 4.78 is 6.63. The molecule has 0 unspecified atom stereocenters. The van der Waals surface area contributed by atoms with Crippen LogP contribution >= 0.6 is 0 Å². The second-order valence-electron chi connectivity index (χ2n) is 6.35. The van der Waals surface area contributed by atoms with E-state index in [-0.39, 0.29) is 17.9 Å². The van der Waals surface area contributed by atoms with E-state index in [1.807, 2.05) is 18.7 Å². The average molecular weight is 323 g/mol. The number of carbonyl (C=O) groups excluding carboxylic acids is 2. The van der Waals surface area contributed by atoms with Gasteiger partial charge in [0.25, 0.3) is 5.91 Å². The predicted molar refractivity (Wildman–Crippen MR) is 83.9 cm³/mol. The maximum Gasteiger partial charge on any atom is 0.275 e. The molecule has 0 aromatic carbocycles. The molecular formula is C15H25N5O3. The fraction of sp³-hybridized carbons (Fsp3) is 0.733. The first-order valence-corrected chi connectivity index (χ1v) is 7.86. The fourth-order valence-electron chi connectivity index (χ4n) is 2.38. The van der Waals surface area contributed by atoms with Crippen molar-refractivity contribution in [3.63, 3.8) is 0 Å². The summed E-state index contributed by atoms with van der Waals surface area (Å²) in [6, 6.07) is 0.101. The molecular weight excluding hydrogens is 298 g/mol. The van der Waals surface area contributed by atoms with Crippen LogP contribution in [0, 0.1) is 5.92 Å². The molecule has 1 aliphatic rings. The average Bonchev–Trinajstić information content (AvgIpc) is 2.90. The van der Waals surface area contributed by atoms with E-state index >= 15 is 0 Å². The molecule has 128 valence electrons. The van der Waals surface area contributed by atoms with Crippen molar-refractivity contribution in [2.45, 2.75) is 26.3 Å². The molecule has 8 nitrogen and oxygen atoms in total. The summed E-state index contributed by atoms with van der Waals surface area (Å²) in [5.41, 5.74) is 0.315. The zero-order valence-corrected chi connectivity index (χ0v) is 14.2. The lowest BCUT2D eigenvalue weighted by Crippen LogP contribution is -2.51. The van der Waals surface area contributed by atoms with E-state index in [1.54, 1.807) is 29.9 Å². The number of likely N-dealkylation sites (tertiary alicyclic amines) is 1. The minimum Gasteiger partial charge on any atom is -0.383 e. The molecule has 0 radical (unpaired) electrons. The van der Waals surface area contributed by atoms with Crippen molar-refractivity contribution in [3.8, 4) is 0 Å². The van der Waals surface area contributed by atoms with Gasteiger partial charge in [-0.1, -0.05) is 19.1 Å². The summed E-state index contributed by atoms with van der Waals surface area (Å²) in [5.74, 6) is 0.354. The Hall–Kier alpha value is -1.96. The van der Waals surface area contributed by atoms with Gasteiger partial charge in [0.1, 0.15) is 0 Å². The highest BCUT2D eigenvalue weighted by atomic mass is 16.5. The Morgan fingerprint density at radius 2 is 2.13 bits per heavy atom. The Labute approximate surface area is 136 Å². The molecule has 1 fully saturated rings. The van der Waals surface area contributed by atoms with Crippen molar-refractivity contribution in [2.24, 2.45) is 5.92 Å². The first-order chi connectivity index (χ1) is 10.9. The molecule has 1 saturated heterocycles. The molecule has 0 saturated carbocycles. The number of rotatable bonds is 7. The largest absolute Gasteiger partial charge is 0.383 e. The SMILES string of the molecule is COCCN(C)C(=O)c1cn(C2CN(C(=O)CC(C)C)C2)nn1. The van der Waals surface area contributed by atoms with Crippen LogP contribution in [0.2, 0.25) is 0 Å². The summed E-state index contributed by atoms with van der Waals surface area (Å²) in [5, 5.41) is 7.97. The molecule has 1 aromatic heterocycles. The molecule has 2 rings (SSSR count). The van der Waals surface area contributed by atoms with Gasteiger partial charge in [0.2, 0.25) is 5.91 Å². The zero-order chi connectivity index (χ0) is 17.0. The lowest BCUT2D eigenvalue weighted by Gasteiger charge is -2.39. The number of likely N-dealkylation sites (N-methyl/N-ethyl adjacent to an activating group) is 1. The number of methoxy groups -OCH3 is 1. The standard InChI is InChI=1S/C15H25N5O3/c1-11(2)7-14(21)19-8-12(9-19)20-10-13(16-17-20)15(22)18(3)5-6-23-4/h10-12H,5-9H2,1-4H3. The van der Waals surface area contributed by atoms with Gasteiger partial charge in [-0.2, -0.15) is 0 Å². The van der Waals surface area contributed by atoms with Crippen LogP contribution in [-0.2, 0) is 9.53 Å². The number of nitrogens with zero attached hydrogens (tertiary/aromatic N) is 5.